The summed E-state index contributed by atoms with van der Waals surface area (Å²) in [5.74, 6) is 0. The molecule has 0 aromatic rings. The molecule has 9 atom stereocenters. The zero-order valence-electron chi connectivity index (χ0n) is 18.4. The zero-order valence-corrected chi connectivity index (χ0v) is 18.4. The zero-order chi connectivity index (χ0) is 20.8. The maximum absolute atomic E-state index is 6.32. The highest BCUT2D eigenvalue weighted by Crippen LogP contribution is 2.40. The molecule has 0 spiro atoms. The van der Waals surface area contributed by atoms with Gasteiger partial charge in [-0.05, 0) is 19.8 Å². The van der Waals surface area contributed by atoms with Crippen LogP contribution in [0.5, 0.6) is 0 Å². The van der Waals surface area contributed by atoms with Gasteiger partial charge in [0.2, 0.25) is 0 Å². The van der Waals surface area contributed by atoms with Gasteiger partial charge in [0.25, 0.3) is 0 Å². The van der Waals surface area contributed by atoms with Crippen molar-refractivity contribution in [3.8, 4) is 0 Å². The monoisotopic (exact) mass is 418 g/mol. The maximum atomic E-state index is 6.32. The Labute approximate surface area is 174 Å². The fraction of sp³-hybridized carbons (Fsp3) is 1.00. The van der Waals surface area contributed by atoms with E-state index in [4.69, 9.17) is 37.9 Å². The lowest BCUT2D eigenvalue weighted by Crippen LogP contribution is -2.58. The van der Waals surface area contributed by atoms with Gasteiger partial charge in [0, 0.05) is 27.4 Å². The molecule has 3 aliphatic heterocycles. The van der Waals surface area contributed by atoms with Crippen LogP contribution in [0.25, 0.3) is 0 Å². The van der Waals surface area contributed by atoms with Crippen LogP contribution in [0.2, 0.25) is 0 Å². The fourth-order valence-electron chi connectivity index (χ4n) is 3.95. The molecule has 1 unspecified atom stereocenters. The van der Waals surface area contributed by atoms with Gasteiger partial charge in [-0.15, -0.1) is 0 Å². The lowest BCUT2D eigenvalue weighted by molar-refractivity contribution is -0.314. The molecule has 0 saturated carbocycles. The number of rotatable bonds is 12. The minimum absolute atomic E-state index is 0.0499. The molecule has 8 nitrogen and oxygen atoms in total. The molecule has 170 valence electrons. The van der Waals surface area contributed by atoms with Gasteiger partial charge in [0.05, 0.1) is 12.7 Å². The summed E-state index contributed by atoms with van der Waals surface area (Å²) in [6.45, 7) is 7.97. The van der Waals surface area contributed by atoms with Crippen LogP contribution in [0.1, 0.15) is 46.5 Å². The molecule has 0 N–H and O–H groups in total. The summed E-state index contributed by atoms with van der Waals surface area (Å²) in [6.07, 6.45) is 1.86. The van der Waals surface area contributed by atoms with E-state index >= 15 is 0 Å². The van der Waals surface area contributed by atoms with E-state index in [-0.39, 0.29) is 42.9 Å². The van der Waals surface area contributed by atoms with E-state index in [9.17, 15) is 0 Å². The Morgan fingerprint density at radius 2 is 1.52 bits per heavy atom. The van der Waals surface area contributed by atoms with E-state index in [1.165, 1.54) is 0 Å². The molecule has 0 bridgehead atoms. The molecule has 3 aliphatic rings. The van der Waals surface area contributed by atoms with Gasteiger partial charge >= 0.3 is 0 Å². The second-order valence-corrected chi connectivity index (χ2v) is 7.97. The third-order valence-corrected chi connectivity index (χ3v) is 5.80. The largest absolute Gasteiger partial charge is 0.376 e. The maximum Gasteiger partial charge on any atom is 0.187 e. The Balaban J connectivity index is 1.57. The van der Waals surface area contributed by atoms with Crippen molar-refractivity contribution in [2.24, 2.45) is 0 Å². The summed E-state index contributed by atoms with van der Waals surface area (Å²) in [4.78, 5) is 0. The molecular formula is C21H38O8. The van der Waals surface area contributed by atoms with Crippen molar-refractivity contribution in [1.29, 1.82) is 0 Å². The summed E-state index contributed by atoms with van der Waals surface area (Å²) in [5.41, 5.74) is 0. The van der Waals surface area contributed by atoms with Crippen LogP contribution in [-0.2, 0) is 37.9 Å². The second-order valence-electron chi connectivity index (χ2n) is 7.97. The average Bonchev–Trinajstić information content (AvgIpc) is 3.52. The summed E-state index contributed by atoms with van der Waals surface area (Å²) in [6, 6.07) is 0. The van der Waals surface area contributed by atoms with E-state index < -0.39 is 12.4 Å². The number of unbranched alkanes of at least 4 members (excludes halogenated alkanes) is 2. The predicted molar refractivity (Wildman–Crippen MR) is 105 cm³/mol. The molecule has 3 rings (SSSR count). The van der Waals surface area contributed by atoms with E-state index in [1.807, 2.05) is 6.92 Å². The number of epoxide rings is 1. The first-order valence-corrected chi connectivity index (χ1v) is 11.0. The topological polar surface area (TPSA) is 77.1 Å². The predicted octanol–water partition coefficient (Wildman–Crippen LogP) is 2.27. The van der Waals surface area contributed by atoms with Crippen molar-refractivity contribution < 1.29 is 37.9 Å². The number of hydrogen-bond donors (Lipinski definition) is 0. The molecule has 3 saturated heterocycles. The number of ether oxygens (including phenoxy) is 8. The van der Waals surface area contributed by atoms with Crippen molar-refractivity contribution >= 4 is 0 Å². The van der Waals surface area contributed by atoms with Crippen LogP contribution in [0, 0.1) is 0 Å². The molecule has 0 aromatic heterocycles. The highest BCUT2D eigenvalue weighted by molar-refractivity contribution is 5.01. The SMILES string of the molecule is CCCCO[C@H]1O[C@H](C)[C@@H](O[C@@H]2OC[C@@H](OC)[C@H](OCCCC)[C@H]2OC)[C@H]2OC12. The van der Waals surface area contributed by atoms with Gasteiger partial charge in [0.15, 0.2) is 12.6 Å². The van der Waals surface area contributed by atoms with Crippen LogP contribution < -0.4 is 0 Å². The van der Waals surface area contributed by atoms with Crippen molar-refractivity contribution in [3.05, 3.63) is 0 Å². The molecule has 0 amide bonds. The number of fused-ring (bicyclic) bond motifs is 1. The molecular weight excluding hydrogens is 380 g/mol. The minimum Gasteiger partial charge on any atom is -0.376 e. The van der Waals surface area contributed by atoms with Crippen LogP contribution >= 0.6 is 0 Å². The summed E-state index contributed by atoms with van der Waals surface area (Å²) >= 11 is 0. The van der Waals surface area contributed by atoms with E-state index in [0.29, 0.717) is 19.8 Å². The van der Waals surface area contributed by atoms with Crippen LogP contribution in [0.4, 0.5) is 0 Å². The average molecular weight is 419 g/mol. The third kappa shape index (κ3) is 5.68. The lowest BCUT2D eigenvalue weighted by atomic mass is 10.0. The minimum atomic E-state index is -0.573. The van der Waals surface area contributed by atoms with Crippen LogP contribution in [0.15, 0.2) is 0 Å². The van der Waals surface area contributed by atoms with Gasteiger partial charge in [0.1, 0.15) is 36.6 Å². The van der Waals surface area contributed by atoms with Crippen LogP contribution in [-0.4, -0.2) is 89.3 Å². The number of methoxy groups -OCH3 is 2. The standard InChI is InChI=1S/C21H38O8/c1-6-8-10-24-16-14(22-4)12-26-20(18(16)23-5)29-15-13(3)27-21(19-17(15)28-19)25-11-9-7-2/h13-21H,6-12H2,1-5H3/t13-,14-,15-,16+,17-,18-,19?,20+,21+/m1/s1. The number of hydrogen-bond acceptors (Lipinski definition) is 8. The highest BCUT2D eigenvalue weighted by atomic mass is 16.8. The van der Waals surface area contributed by atoms with Gasteiger partial charge in [-0.1, -0.05) is 26.7 Å². The first-order chi connectivity index (χ1) is 14.1. The normalized spacial score (nSPS) is 41.9. The van der Waals surface area contributed by atoms with E-state index in [1.54, 1.807) is 14.2 Å². The fourth-order valence-corrected chi connectivity index (χ4v) is 3.95. The van der Waals surface area contributed by atoms with Crippen LogP contribution in [0.3, 0.4) is 0 Å². The van der Waals surface area contributed by atoms with E-state index in [2.05, 4.69) is 13.8 Å². The van der Waals surface area contributed by atoms with Gasteiger partial charge in [-0.2, -0.15) is 0 Å². The lowest BCUT2D eigenvalue weighted by Gasteiger charge is -2.43. The Morgan fingerprint density at radius 1 is 0.793 bits per heavy atom. The highest BCUT2D eigenvalue weighted by Gasteiger charge is 2.59. The molecule has 0 aliphatic carbocycles. The molecule has 29 heavy (non-hydrogen) atoms. The van der Waals surface area contributed by atoms with E-state index in [0.717, 1.165) is 25.7 Å². The summed E-state index contributed by atoms with van der Waals surface area (Å²) in [5, 5.41) is 0. The van der Waals surface area contributed by atoms with Gasteiger partial charge in [-0.25, -0.2) is 0 Å². The van der Waals surface area contributed by atoms with Crippen molar-refractivity contribution in [2.45, 2.75) is 102 Å². The third-order valence-electron chi connectivity index (χ3n) is 5.80. The Bertz CT molecular complexity index is 476. The Morgan fingerprint density at radius 3 is 2.17 bits per heavy atom. The summed E-state index contributed by atoms with van der Waals surface area (Å²) in [7, 11) is 3.31. The summed E-state index contributed by atoms with van der Waals surface area (Å²) < 4.78 is 47.4. The van der Waals surface area contributed by atoms with Gasteiger partial charge < -0.3 is 37.9 Å². The first-order valence-electron chi connectivity index (χ1n) is 11.0. The molecule has 3 fully saturated rings. The van der Waals surface area contributed by atoms with Gasteiger partial charge in [-0.3, -0.25) is 0 Å². The smallest absolute Gasteiger partial charge is 0.187 e. The Hall–Kier alpha value is -0.320. The van der Waals surface area contributed by atoms with Crippen molar-refractivity contribution in [2.75, 3.05) is 34.0 Å². The molecule has 0 aromatic carbocycles. The molecule has 8 heteroatoms. The van der Waals surface area contributed by atoms with Crippen molar-refractivity contribution in [3.63, 3.8) is 0 Å². The first kappa shape index (κ1) is 23.3. The quantitative estimate of drug-likeness (QED) is 0.353. The second kappa shape index (κ2) is 11.3. The van der Waals surface area contributed by atoms with Crippen molar-refractivity contribution in [1.82, 2.24) is 0 Å². The molecule has 3 heterocycles. The Kier molecular flexibility index (Phi) is 9.13. The molecule has 0 radical (unpaired) electrons.